The first-order valence-corrected chi connectivity index (χ1v) is 8.12. The monoisotopic (exact) mass is 331 g/mol. The zero-order chi connectivity index (χ0) is 17.7. The molecule has 0 aliphatic carbocycles. The molecule has 0 aromatic carbocycles. The van der Waals surface area contributed by atoms with Gasteiger partial charge in [0.05, 0.1) is 17.9 Å². The lowest BCUT2D eigenvalue weighted by atomic mass is 9.96. The van der Waals surface area contributed by atoms with Crippen LogP contribution in [0.15, 0.2) is 53.3 Å². The van der Waals surface area contributed by atoms with Gasteiger partial charge in [-0.3, -0.25) is 4.57 Å². The van der Waals surface area contributed by atoms with Crippen LogP contribution in [-0.2, 0) is 4.74 Å². The van der Waals surface area contributed by atoms with Gasteiger partial charge in [-0.15, -0.1) is 0 Å². The van der Waals surface area contributed by atoms with Gasteiger partial charge in [0.2, 0.25) is 0 Å². The predicted molar refractivity (Wildman–Crippen MR) is 91.9 cm³/mol. The summed E-state index contributed by atoms with van der Waals surface area (Å²) in [5, 5.41) is 10.9. The smallest absolute Gasteiger partial charge is 0.418 e. The number of allylic oxidation sites excluding steroid dienone is 1. The van der Waals surface area contributed by atoms with Crippen molar-refractivity contribution in [2.24, 2.45) is 0 Å². The van der Waals surface area contributed by atoms with E-state index in [0.717, 1.165) is 6.42 Å². The van der Waals surface area contributed by atoms with Crippen LogP contribution in [0.3, 0.4) is 0 Å². The van der Waals surface area contributed by atoms with Crippen molar-refractivity contribution in [3.05, 3.63) is 60.3 Å². The van der Waals surface area contributed by atoms with Gasteiger partial charge in [0.15, 0.2) is 0 Å². The summed E-state index contributed by atoms with van der Waals surface area (Å²) in [7, 11) is 0. The van der Waals surface area contributed by atoms with E-state index >= 15 is 0 Å². The van der Waals surface area contributed by atoms with Gasteiger partial charge in [0.25, 0.3) is 0 Å². The highest BCUT2D eigenvalue weighted by Gasteiger charge is 2.28. The molecule has 0 aliphatic heterocycles. The van der Waals surface area contributed by atoms with Crippen LogP contribution in [0, 0.1) is 0 Å². The minimum absolute atomic E-state index is 0.379. The van der Waals surface area contributed by atoms with Crippen molar-refractivity contribution in [2.45, 2.75) is 51.7 Å². The molecule has 0 saturated carbocycles. The number of aliphatic hydroxyl groups is 1. The number of aliphatic hydroxyl groups excluding tert-OH is 1. The SMILES string of the molecule is CC/C=C/C(c1ccco1)C(O)c1cccn1C(=O)OC(C)(C)C. The standard InChI is InChI=1S/C19H25NO4/c1-5-6-9-14(16-11-8-13-23-16)17(21)15-10-7-12-20(15)18(22)24-19(2,3)4/h6-14,17,21H,5H2,1-4H3/b9-6+. The zero-order valence-corrected chi connectivity index (χ0v) is 14.6. The molecule has 0 spiro atoms. The molecule has 24 heavy (non-hydrogen) atoms. The van der Waals surface area contributed by atoms with Crippen LogP contribution in [0.2, 0.25) is 0 Å². The van der Waals surface area contributed by atoms with Crippen LogP contribution >= 0.6 is 0 Å². The summed E-state index contributed by atoms with van der Waals surface area (Å²) in [4.78, 5) is 12.4. The number of carbonyl (C=O) groups excluding carboxylic acids is 1. The highest BCUT2D eigenvalue weighted by Crippen LogP contribution is 2.33. The molecule has 2 aromatic heterocycles. The summed E-state index contributed by atoms with van der Waals surface area (Å²) >= 11 is 0. The van der Waals surface area contributed by atoms with Gasteiger partial charge in [-0.05, 0) is 51.5 Å². The van der Waals surface area contributed by atoms with E-state index in [1.54, 1.807) is 51.4 Å². The van der Waals surface area contributed by atoms with E-state index in [-0.39, 0.29) is 5.92 Å². The van der Waals surface area contributed by atoms with E-state index < -0.39 is 17.8 Å². The van der Waals surface area contributed by atoms with Gasteiger partial charge in [-0.2, -0.15) is 0 Å². The Kier molecular flexibility index (Phi) is 5.67. The van der Waals surface area contributed by atoms with E-state index in [2.05, 4.69) is 0 Å². The third-order valence-corrected chi connectivity index (χ3v) is 3.46. The van der Waals surface area contributed by atoms with Gasteiger partial charge in [-0.1, -0.05) is 19.1 Å². The molecule has 0 amide bonds. The largest absolute Gasteiger partial charge is 0.469 e. The number of aromatic nitrogens is 1. The Morgan fingerprint density at radius 2 is 2.12 bits per heavy atom. The van der Waals surface area contributed by atoms with Crippen molar-refractivity contribution in [3.63, 3.8) is 0 Å². The van der Waals surface area contributed by atoms with E-state index in [4.69, 9.17) is 9.15 Å². The number of nitrogens with zero attached hydrogens (tertiary/aromatic N) is 1. The summed E-state index contributed by atoms with van der Waals surface area (Å²) in [5.74, 6) is 0.264. The van der Waals surface area contributed by atoms with Crippen molar-refractivity contribution in [2.75, 3.05) is 0 Å². The highest BCUT2D eigenvalue weighted by molar-refractivity contribution is 5.72. The fourth-order valence-corrected chi connectivity index (χ4v) is 2.42. The summed E-state index contributed by atoms with van der Waals surface area (Å²) < 4.78 is 12.2. The normalized spacial score (nSPS) is 14.7. The maximum absolute atomic E-state index is 12.4. The van der Waals surface area contributed by atoms with Crippen molar-refractivity contribution in [1.29, 1.82) is 0 Å². The fraction of sp³-hybridized carbons (Fsp3) is 0.421. The maximum atomic E-state index is 12.4. The topological polar surface area (TPSA) is 64.6 Å². The Labute approximate surface area is 142 Å². The number of rotatable bonds is 5. The Morgan fingerprint density at radius 1 is 1.38 bits per heavy atom. The maximum Gasteiger partial charge on any atom is 0.418 e. The molecule has 5 heteroatoms. The second-order valence-corrected chi connectivity index (χ2v) is 6.61. The molecule has 0 saturated heterocycles. The molecule has 0 fully saturated rings. The first-order valence-electron chi connectivity index (χ1n) is 8.12. The number of furan rings is 1. The van der Waals surface area contributed by atoms with Crippen LogP contribution in [0.25, 0.3) is 0 Å². The number of hydrogen-bond donors (Lipinski definition) is 1. The third-order valence-electron chi connectivity index (χ3n) is 3.46. The molecule has 5 nitrogen and oxygen atoms in total. The highest BCUT2D eigenvalue weighted by atomic mass is 16.6. The number of carbonyl (C=O) groups is 1. The molecule has 0 bridgehead atoms. The first-order chi connectivity index (χ1) is 11.3. The fourth-order valence-electron chi connectivity index (χ4n) is 2.42. The number of ether oxygens (including phenoxy) is 1. The van der Waals surface area contributed by atoms with Crippen molar-refractivity contribution in [3.8, 4) is 0 Å². The second kappa shape index (κ2) is 7.53. The molecule has 2 unspecified atom stereocenters. The quantitative estimate of drug-likeness (QED) is 0.810. The van der Waals surface area contributed by atoms with Crippen molar-refractivity contribution >= 4 is 6.09 Å². The zero-order valence-electron chi connectivity index (χ0n) is 14.6. The van der Waals surface area contributed by atoms with Crippen LogP contribution in [0.1, 0.15) is 57.6 Å². The molecule has 2 heterocycles. The minimum atomic E-state index is -0.929. The lowest BCUT2D eigenvalue weighted by Gasteiger charge is -2.23. The van der Waals surface area contributed by atoms with Crippen LogP contribution in [0.5, 0.6) is 0 Å². The molecule has 0 radical (unpaired) electrons. The van der Waals surface area contributed by atoms with Gasteiger partial charge in [-0.25, -0.2) is 4.79 Å². The Bertz CT molecular complexity index is 677. The van der Waals surface area contributed by atoms with Crippen molar-refractivity contribution < 1.29 is 19.1 Å². The molecule has 2 aromatic rings. The van der Waals surface area contributed by atoms with Gasteiger partial charge in [0, 0.05) is 6.20 Å². The van der Waals surface area contributed by atoms with Crippen LogP contribution in [0.4, 0.5) is 4.79 Å². The molecule has 130 valence electrons. The Hall–Kier alpha value is -2.27. The predicted octanol–water partition coefficient (Wildman–Crippen LogP) is 4.65. The van der Waals surface area contributed by atoms with Crippen LogP contribution < -0.4 is 0 Å². The van der Waals surface area contributed by atoms with E-state index in [1.807, 2.05) is 25.1 Å². The van der Waals surface area contributed by atoms with Gasteiger partial charge in [0.1, 0.15) is 17.5 Å². The molecular weight excluding hydrogens is 306 g/mol. The minimum Gasteiger partial charge on any atom is -0.469 e. The van der Waals surface area contributed by atoms with Crippen molar-refractivity contribution in [1.82, 2.24) is 4.57 Å². The average molecular weight is 331 g/mol. The molecular formula is C19H25NO4. The van der Waals surface area contributed by atoms with E-state index in [0.29, 0.717) is 11.5 Å². The summed E-state index contributed by atoms with van der Waals surface area (Å²) in [6.07, 6.45) is 6.43. The third kappa shape index (κ3) is 4.38. The van der Waals surface area contributed by atoms with Crippen LogP contribution in [-0.4, -0.2) is 21.4 Å². The molecule has 2 atom stereocenters. The molecule has 2 rings (SSSR count). The number of hydrogen-bond acceptors (Lipinski definition) is 4. The van der Waals surface area contributed by atoms with E-state index in [9.17, 15) is 9.90 Å². The second-order valence-electron chi connectivity index (χ2n) is 6.61. The molecule has 1 N–H and O–H groups in total. The first kappa shape index (κ1) is 18.1. The average Bonchev–Trinajstić information content (AvgIpc) is 3.17. The lowest BCUT2D eigenvalue weighted by molar-refractivity contribution is 0.0508. The lowest BCUT2D eigenvalue weighted by Crippen LogP contribution is -2.28. The summed E-state index contributed by atoms with van der Waals surface area (Å²) in [6, 6.07) is 7.02. The molecule has 0 aliphatic rings. The van der Waals surface area contributed by atoms with Gasteiger partial charge >= 0.3 is 6.09 Å². The Morgan fingerprint density at radius 3 is 2.71 bits per heavy atom. The van der Waals surface area contributed by atoms with E-state index in [1.165, 1.54) is 4.57 Å². The summed E-state index contributed by atoms with van der Waals surface area (Å²) in [5.41, 5.74) is -0.141. The Balaban J connectivity index is 2.31. The van der Waals surface area contributed by atoms with Gasteiger partial charge < -0.3 is 14.3 Å². The summed E-state index contributed by atoms with van der Waals surface area (Å²) in [6.45, 7) is 7.44.